The molecule has 1 fully saturated rings. The Labute approximate surface area is 113 Å². The topological polar surface area (TPSA) is 73.6 Å². The Morgan fingerprint density at radius 2 is 2.42 bits per heavy atom. The number of hydrogen-bond acceptors (Lipinski definition) is 4. The summed E-state index contributed by atoms with van der Waals surface area (Å²) in [6.45, 7) is 1.76. The van der Waals surface area contributed by atoms with E-state index in [2.05, 4.69) is 5.32 Å². The molecule has 2 rings (SSSR count). The lowest BCUT2D eigenvalue weighted by atomic mass is 10.1. The molecule has 104 valence electrons. The van der Waals surface area contributed by atoms with Crippen molar-refractivity contribution < 1.29 is 14.3 Å². The van der Waals surface area contributed by atoms with Gasteiger partial charge in [-0.05, 0) is 25.0 Å². The van der Waals surface area contributed by atoms with Crippen LogP contribution < -0.4 is 15.8 Å². The van der Waals surface area contributed by atoms with E-state index < -0.39 is 0 Å². The van der Waals surface area contributed by atoms with Crippen molar-refractivity contribution >= 4 is 11.6 Å². The van der Waals surface area contributed by atoms with Crippen LogP contribution in [-0.4, -0.2) is 31.8 Å². The van der Waals surface area contributed by atoms with Gasteiger partial charge in [-0.2, -0.15) is 0 Å². The molecule has 1 aromatic carbocycles. The predicted octanol–water partition coefficient (Wildman–Crippen LogP) is 1.33. The van der Waals surface area contributed by atoms with E-state index in [0.29, 0.717) is 31.1 Å². The van der Waals surface area contributed by atoms with Gasteiger partial charge in [0.05, 0.1) is 25.7 Å². The molecule has 1 aliphatic rings. The largest absolute Gasteiger partial charge is 0.493 e. The van der Waals surface area contributed by atoms with E-state index in [9.17, 15) is 4.79 Å². The van der Waals surface area contributed by atoms with Gasteiger partial charge in [0, 0.05) is 18.4 Å². The summed E-state index contributed by atoms with van der Waals surface area (Å²) in [5.41, 5.74) is 6.29. The predicted molar refractivity (Wildman–Crippen MR) is 73.0 cm³/mol. The van der Waals surface area contributed by atoms with Gasteiger partial charge in [0.25, 0.3) is 0 Å². The van der Waals surface area contributed by atoms with Gasteiger partial charge in [-0.3, -0.25) is 4.79 Å². The lowest BCUT2D eigenvalue weighted by molar-refractivity contribution is -0.123. The van der Waals surface area contributed by atoms with Crippen molar-refractivity contribution in [3.05, 3.63) is 24.3 Å². The van der Waals surface area contributed by atoms with Crippen LogP contribution in [0.15, 0.2) is 24.3 Å². The fourth-order valence-electron chi connectivity index (χ4n) is 2.02. The number of amides is 1. The average molecular weight is 264 g/mol. The highest BCUT2D eigenvalue weighted by Gasteiger charge is 2.15. The van der Waals surface area contributed by atoms with Crippen molar-refractivity contribution in [2.75, 3.05) is 25.6 Å². The monoisotopic (exact) mass is 264 g/mol. The molecule has 0 bridgehead atoms. The van der Waals surface area contributed by atoms with Crippen LogP contribution in [0.1, 0.15) is 19.3 Å². The maximum atomic E-state index is 11.7. The lowest BCUT2D eigenvalue weighted by Crippen LogP contribution is -2.41. The fourth-order valence-corrected chi connectivity index (χ4v) is 2.02. The number of rotatable bonds is 5. The lowest BCUT2D eigenvalue weighted by Gasteiger charge is -2.23. The molecule has 1 amide bonds. The first kappa shape index (κ1) is 13.7. The Kier molecular flexibility index (Phi) is 5.03. The second-order valence-electron chi connectivity index (χ2n) is 4.65. The number of carbonyl (C=O) groups is 1. The van der Waals surface area contributed by atoms with Gasteiger partial charge in [-0.1, -0.05) is 6.07 Å². The third-order valence-electron chi connectivity index (χ3n) is 2.98. The van der Waals surface area contributed by atoms with Crippen LogP contribution in [0.25, 0.3) is 0 Å². The molecule has 0 aromatic heterocycles. The van der Waals surface area contributed by atoms with Crippen molar-refractivity contribution in [2.24, 2.45) is 0 Å². The van der Waals surface area contributed by atoms with Crippen molar-refractivity contribution in [3.8, 4) is 5.75 Å². The van der Waals surface area contributed by atoms with E-state index in [4.69, 9.17) is 15.2 Å². The molecule has 1 atom stereocenters. The molecule has 5 nitrogen and oxygen atoms in total. The molecule has 1 heterocycles. The van der Waals surface area contributed by atoms with E-state index in [0.717, 1.165) is 19.4 Å². The molecule has 0 radical (unpaired) electrons. The molecule has 1 saturated heterocycles. The first-order valence-electron chi connectivity index (χ1n) is 6.59. The first-order chi connectivity index (χ1) is 9.24. The average Bonchev–Trinajstić information content (AvgIpc) is 2.40. The summed E-state index contributed by atoms with van der Waals surface area (Å²) in [7, 11) is 0. The number of hydrogen-bond donors (Lipinski definition) is 2. The Morgan fingerprint density at radius 3 is 3.16 bits per heavy atom. The van der Waals surface area contributed by atoms with Gasteiger partial charge in [0.1, 0.15) is 5.75 Å². The highest BCUT2D eigenvalue weighted by Crippen LogP contribution is 2.14. The van der Waals surface area contributed by atoms with E-state index in [-0.39, 0.29) is 11.9 Å². The number of nitrogens with one attached hydrogen (secondary N) is 1. The summed E-state index contributed by atoms with van der Waals surface area (Å²) in [4.78, 5) is 11.7. The van der Waals surface area contributed by atoms with Crippen LogP contribution in [0, 0.1) is 0 Å². The first-order valence-corrected chi connectivity index (χ1v) is 6.59. The number of carbonyl (C=O) groups excluding carboxylic acids is 1. The molecule has 1 unspecified atom stereocenters. The molecule has 1 aliphatic heterocycles. The molecule has 0 saturated carbocycles. The summed E-state index contributed by atoms with van der Waals surface area (Å²) in [5, 5.41) is 2.95. The molecular formula is C14H20N2O3. The van der Waals surface area contributed by atoms with Crippen molar-refractivity contribution in [1.29, 1.82) is 0 Å². The number of ether oxygens (including phenoxy) is 2. The highest BCUT2D eigenvalue weighted by molar-refractivity contribution is 5.76. The van der Waals surface area contributed by atoms with Gasteiger partial charge in [-0.15, -0.1) is 0 Å². The zero-order valence-corrected chi connectivity index (χ0v) is 10.9. The number of nitrogen functional groups attached to an aromatic ring is 1. The van der Waals surface area contributed by atoms with E-state index >= 15 is 0 Å². The zero-order valence-electron chi connectivity index (χ0n) is 10.9. The zero-order chi connectivity index (χ0) is 13.5. The third-order valence-corrected chi connectivity index (χ3v) is 2.98. The van der Waals surface area contributed by atoms with E-state index in [1.54, 1.807) is 12.1 Å². The van der Waals surface area contributed by atoms with Gasteiger partial charge >= 0.3 is 0 Å². The molecule has 5 heteroatoms. The second kappa shape index (κ2) is 6.99. The quantitative estimate of drug-likeness (QED) is 0.787. The molecule has 0 spiro atoms. The van der Waals surface area contributed by atoms with Crippen molar-refractivity contribution in [3.63, 3.8) is 0 Å². The number of nitrogens with two attached hydrogens (primary N) is 1. The minimum atomic E-state index is -0.000553. The Balaban J connectivity index is 1.66. The van der Waals surface area contributed by atoms with Crippen LogP contribution in [0.4, 0.5) is 5.69 Å². The van der Waals surface area contributed by atoms with Crippen LogP contribution in [-0.2, 0) is 9.53 Å². The summed E-state index contributed by atoms with van der Waals surface area (Å²) in [6, 6.07) is 7.33. The number of anilines is 1. The number of benzene rings is 1. The molecule has 0 aliphatic carbocycles. The SMILES string of the molecule is Nc1cccc(OCCC(=O)NC2CCCOC2)c1. The summed E-state index contributed by atoms with van der Waals surface area (Å²) < 4.78 is 10.8. The smallest absolute Gasteiger partial charge is 0.223 e. The Hall–Kier alpha value is -1.75. The van der Waals surface area contributed by atoms with Gasteiger partial charge < -0.3 is 20.5 Å². The van der Waals surface area contributed by atoms with Crippen LogP contribution in [0.3, 0.4) is 0 Å². The molecule has 19 heavy (non-hydrogen) atoms. The van der Waals surface area contributed by atoms with E-state index in [1.165, 1.54) is 0 Å². The minimum absolute atomic E-state index is 0.000553. The normalized spacial score (nSPS) is 18.8. The Bertz CT molecular complexity index is 417. The van der Waals surface area contributed by atoms with E-state index in [1.807, 2.05) is 12.1 Å². The maximum absolute atomic E-state index is 11.7. The Morgan fingerprint density at radius 1 is 1.53 bits per heavy atom. The maximum Gasteiger partial charge on any atom is 0.223 e. The molecule has 1 aromatic rings. The summed E-state index contributed by atoms with van der Waals surface area (Å²) in [6.07, 6.45) is 2.33. The fraction of sp³-hybridized carbons (Fsp3) is 0.500. The van der Waals surface area contributed by atoms with Crippen LogP contribution in [0.2, 0.25) is 0 Å². The van der Waals surface area contributed by atoms with Crippen LogP contribution >= 0.6 is 0 Å². The molecular weight excluding hydrogens is 244 g/mol. The summed E-state index contributed by atoms with van der Waals surface area (Å²) in [5.74, 6) is 0.688. The highest BCUT2D eigenvalue weighted by atomic mass is 16.5. The van der Waals surface area contributed by atoms with Gasteiger partial charge in [0.15, 0.2) is 0 Å². The third kappa shape index (κ3) is 4.79. The van der Waals surface area contributed by atoms with Crippen LogP contribution in [0.5, 0.6) is 5.75 Å². The van der Waals surface area contributed by atoms with Gasteiger partial charge in [-0.25, -0.2) is 0 Å². The van der Waals surface area contributed by atoms with Crippen molar-refractivity contribution in [1.82, 2.24) is 5.32 Å². The minimum Gasteiger partial charge on any atom is -0.493 e. The standard InChI is InChI=1S/C14H20N2O3/c15-11-3-1-5-13(9-11)19-8-6-14(17)16-12-4-2-7-18-10-12/h1,3,5,9,12H,2,4,6-8,10,15H2,(H,16,17). The second-order valence-corrected chi connectivity index (χ2v) is 4.65. The summed E-state index contributed by atoms with van der Waals surface area (Å²) >= 11 is 0. The molecule has 3 N–H and O–H groups in total. The van der Waals surface area contributed by atoms with Crippen molar-refractivity contribution in [2.45, 2.75) is 25.3 Å². The van der Waals surface area contributed by atoms with Gasteiger partial charge in [0.2, 0.25) is 5.91 Å².